The van der Waals surface area contributed by atoms with Crippen molar-refractivity contribution in [3.05, 3.63) is 36.5 Å². The molecule has 3 N–H and O–H groups in total. The predicted octanol–water partition coefficient (Wildman–Crippen LogP) is 1.60. The highest BCUT2D eigenvalue weighted by Crippen LogP contribution is 2.22. The Morgan fingerprint density at radius 2 is 2.21 bits per heavy atom. The van der Waals surface area contributed by atoms with Gasteiger partial charge >= 0.3 is 0 Å². The van der Waals surface area contributed by atoms with Crippen molar-refractivity contribution >= 4 is 16.6 Å². The van der Waals surface area contributed by atoms with Gasteiger partial charge < -0.3 is 16.0 Å². The van der Waals surface area contributed by atoms with Crippen molar-refractivity contribution in [2.75, 3.05) is 25.0 Å². The SMILES string of the molecule is CC(Nc1cccc2ncccc12)C1CNCCN1. The fourth-order valence-electron chi connectivity index (χ4n) is 2.60. The molecule has 1 aliphatic rings. The number of hydrogen-bond donors (Lipinski definition) is 3. The molecule has 1 aliphatic heterocycles. The van der Waals surface area contributed by atoms with E-state index in [1.165, 1.54) is 5.39 Å². The predicted molar refractivity (Wildman–Crippen MR) is 79.5 cm³/mol. The van der Waals surface area contributed by atoms with Crippen LogP contribution in [0.1, 0.15) is 6.92 Å². The van der Waals surface area contributed by atoms with E-state index in [4.69, 9.17) is 0 Å². The van der Waals surface area contributed by atoms with Gasteiger partial charge in [0.25, 0.3) is 0 Å². The van der Waals surface area contributed by atoms with Crippen LogP contribution in [0.5, 0.6) is 0 Å². The summed E-state index contributed by atoms with van der Waals surface area (Å²) in [6.45, 7) is 5.33. The van der Waals surface area contributed by atoms with Crippen LogP contribution in [0.25, 0.3) is 10.9 Å². The molecule has 4 nitrogen and oxygen atoms in total. The molecule has 1 aromatic heterocycles. The largest absolute Gasteiger partial charge is 0.380 e. The summed E-state index contributed by atoms with van der Waals surface area (Å²) >= 11 is 0. The van der Waals surface area contributed by atoms with Gasteiger partial charge in [0.2, 0.25) is 0 Å². The summed E-state index contributed by atoms with van der Waals surface area (Å²) in [5, 5.41) is 11.8. The molecule has 4 heteroatoms. The van der Waals surface area contributed by atoms with Crippen LogP contribution in [0, 0.1) is 0 Å². The van der Waals surface area contributed by atoms with Crippen molar-refractivity contribution in [2.45, 2.75) is 19.0 Å². The molecule has 2 unspecified atom stereocenters. The molecule has 0 saturated carbocycles. The second-order valence-corrected chi connectivity index (χ2v) is 5.07. The number of fused-ring (bicyclic) bond motifs is 1. The van der Waals surface area contributed by atoms with E-state index >= 15 is 0 Å². The van der Waals surface area contributed by atoms with E-state index in [2.05, 4.69) is 46.1 Å². The molecule has 2 heterocycles. The van der Waals surface area contributed by atoms with Gasteiger partial charge in [0.15, 0.2) is 0 Å². The summed E-state index contributed by atoms with van der Waals surface area (Å²) in [6.07, 6.45) is 1.84. The van der Waals surface area contributed by atoms with Crippen molar-refractivity contribution in [3.8, 4) is 0 Å². The fourth-order valence-corrected chi connectivity index (χ4v) is 2.60. The van der Waals surface area contributed by atoms with Crippen LogP contribution < -0.4 is 16.0 Å². The van der Waals surface area contributed by atoms with Crippen molar-refractivity contribution in [2.24, 2.45) is 0 Å². The molecular weight excluding hydrogens is 236 g/mol. The molecule has 1 fully saturated rings. The third-order valence-electron chi connectivity index (χ3n) is 3.70. The minimum absolute atomic E-state index is 0.374. The zero-order chi connectivity index (χ0) is 13.1. The van der Waals surface area contributed by atoms with E-state index in [1.807, 2.05) is 18.3 Å². The van der Waals surface area contributed by atoms with E-state index < -0.39 is 0 Å². The zero-order valence-electron chi connectivity index (χ0n) is 11.2. The number of benzene rings is 1. The van der Waals surface area contributed by atoms with Gasteiger partial charge in [0.05, 0.1) is 5.52 Å². The Labute approximate surface area is 113 Å². The molecule has 0 radical (unpaired) electrons. The fraction of sp³-hybridized carbons (Fsp3) is 0.400. The van der Waals surface area contributed by atoms with Crippen LogP contribution in [0.3, 0.4) is 0 Å². The first-order chi connectivity index (χ1) is 9.34. The number of hydrogen-bond acceptors (Lipinski definition) is 4. The Morgan fingerprint density at radius 1 is 1.26 bits per heavy atom. The third-order valence-corrected chi connectivity index (χ3v) is 3.70. The lowest BCUT2D eigenvalue weighted by molar-refractivity contribution is 0.389. The van der Waals surface area contributed by atoms with E-state index in [-0.39, 0.29) is 0 Å². The van der Waals surface area contributed by atoms with Gasteiger partial charge in [0, 0.05) is 49.0 Å². The molecule has 2 atom stereocenters. The first-order valence-electron chi connectivity index (χ1n) is 6.89. The summed E-state index contributed by atoms with van der Waals surface area (Å²) in [4.78, 5) is 4.39. The van der Waals surface area contributed by atoms with Crippen LogP contribution in [0.2, 0.25) is 0 Å². The average Bonchev–Trinajstić information content (AvgIpc) is 2.48. The Balaban J connectivity index is 1.80. The number of anilines is 1. The van der Waals surface area contributed by atoms with E-state index in [1.54, 1.807) is 0 Å². The average molecular weight is 256 g/mol. The number of nitrogens with zero attached hydrogens (tertiary/aromatic N) is 1. The maximum absolute atomic E-state index is 4.39. The van der Waals surface area contributed by atoms with E-state index in [0.717, 1.165) is 30.8 Å². The molecule has 2 aromatic rings. The highest BCUT2D eigenvalue weighted by molar-refractivity contribution is 5.91. The maximum Gasteiger partial charge on any atom is 0.0722 e. The first-order valence-corrected chi connectivity index (χ1v) is 6.89. The van der Waals surface area contributed by atoms with Crippen LogP contribution in [0.4, 0.5) is 5.69 Å². The highest BCUT2D eigenvalue weighted by atomic mass is 15.1. The van der Waals surface area contributed by atoms with Crippen molar-refractivity contribution in [3.63, 3.8) is 0 Å². The number of nitrogens with one attached hydrogen (secondary N) is 3. The van der Waals surface area contributed by atoms with Crippen LogP contribution in [-0.4, -0.2) is 36.7 Å². The molecule has 1 saturated heterocycles. The standard InChI is InChI=1S/C15H20N4/c1-11(15-10-16-8-9-18-15)19-14-6-2-5-13-12(14)4-3-7-17-13/h2-7,11,15-16,18-19H,8-10H2,1H3. The quantitative estimate of drug-likeness (QED) is 0.780. The Morgan fingerprint density at radius 3 is 3.05 bits per heavy atom. The summed E-state index contributed by atoms with van der Waals surface area (Å²) in [7, 11) is 0. The molecule has 1 aromatic carbocycles. The van der Waals surface area contributed by atoms with Crippen LogP contribution in [0.15, 0.2) is 36.5 Å². The Kier molecular flexibility index (Phi) is 3.62. The molecule has 19 heavy (non-hydrogen) atoms. The number of aromatic nitrogens is 1. The highest BCUT2D eigenvalue weighted by Gasteiger charge is 2.19. The lowest BCUT2D eigenvalue weighted by atomic mass is 10.1. The molecule has 0 aliphatic carbocycles. The summed E-state index contributed by atoms with van der Waals surface area (Å²) < 4.78 is 0. The van der Waals surface area contributed by atoms with Gasteiger partial charge in [-0.05, 0) is 31.2 Å². The number of pyridine rings is 1. The van der Waals surface area contributed by atoms with Crippen LogP contribution >= 0.6 is 0 Å². The molecule has 0 spiro atoms. The van der Waals surface area contributed by atoms with Gasteiger partial charge in [-0.2, -0.15) is 0 Å². The minimum atomic E-state index is 0.374. The van der Waals surface area contributed by atoms with E-state index in [9.17, 15) is 0 Å². The zero-order valence-corrected chi connectivity index (χ0v) is 11.2. The van der Waals surface area contributed by atoms with Gasteiger partial charge in [0.1, 0.15) is 0 Å². The van der Waals surface area contributed by atoms with Crippen LogP contribution in [-0.2, 0) is 0 Å². The van der Waals surface area contributed by atoms with Crippen molar-refractivity contribution in [1.29, 1.82) is 0 Å². The number of rotatable bonds is 3. The molecule has 0 bridgehead atoms. The third kappa shape index (κ3) is 2.69. The lowest BCUT2D eigenvalue weighted by Gasteiger charge is -2.31. The topological polar surface area (TPSA) is 49.0 Å². The number of piperazine rings is 1. The molecular formula is C15H20N4. The second-order valence-electron chi connectivity index (χ2n) is 5.07. The van der Waals surface area contributed by atoms with Gasteiger partial charge in [-0.15, -0.1) is 0 Å². The Hall–Kier alpha value is -1.65. The summed E-state index contributed by atoms with van der Waals surface area (Å²) in [5.74, 6) is 0. The molecule has 100 valence electrons. The normalized spacial score (nSPS) is 21.2. The lowest BCUT2D eigenvalue weighted by Crippen LogP contribution is -2.55. The minimum Gasteiger partial charge on any atom is -0.380 e. The first kappa shape index (κ1) is 12.4. The van der Waals surface area contributed by atoms with Crippen molar-refractivity contribution in [1.82, 2.24) is 15.6 Å². The summed E-state index contributed by atoms with van der Waals surface area (Å²) in [6, 6.07) is 11.2. The monoisotopic (exact) mass is 256 g/mol. The smallest absolute Gasteiger partial charge is 0.0722 e. The molecule has 0 amide bonds. The molecule has 3 rings (SSSR count). The van der Waals surface area contributed by atoms with Gasteiger partial charge in [-0.25, -0.2) is 0 Å². The maximum atomic E-state index is 4.39. The van der Waals surface area contributed by atoms with E-state index in [0.29, 0.717) is 12.1 Å². The van der Waals surface area contributed by atoms with Gasteiger partial charge in [-0.1, -0.05) is 6.07 Å². The van der Waals surface area contributed by atoms with Gasteiger partial charge in [-0.3, -0.25) is 4.98 Å². The van der Waals surface area contributed by atoms with Crippen molar-refractivity contribution < 1.29 is 0 Å². The Bertz CT molecular complexity index is 543. The second kappa shape index (κ2) is 5.55. The summed E-state index contributed by atoms with van der Waals surface area (Å²) in [5.41, 5.74) is 2.19.